The fourth-order valence-corrected chi connectivity index (χ4v) is 2.07. The molecule has 1 aromatic carbocycles. The maximum atomic E-state index is 9.95. The van der Waals surface area contributed by atoms with E-state index in [1.165, 1.54) is 0 Å². The van der Waals surface area contributed by atoms with E-state index in [1.54, 1.807) is 7.11 Å². The molecule has 1 rings (SSSR count). The Labute approximate surface area is 99.4 Å². The van der Waals surface area contributed by atoms with Crippen molar-refractivity contribution in [1.82, 2.24) is 0 Å². The summed E-state index contributed by atoms with van der Waals surface area (Å²) in [5.41, 5.74) is 2.13. The number of aliphatic hydroxyl groups is 1. The van der Waals surface area contributed by atoms with Crippen LogP contribution in [0.2, 0.25) is 0 Å². The summed E-state index contributed by atoms with van der Waals surface area (Å²) in [4.78, 5) is 0. The van der Waals surface area contributed by atoms with Crippen LogP contribution in [0.4, 0.5) is 0 Å². The number of aryl methyl sites for hydroxylation is 1. The Bertz CT molecular complexity index is 312. The van der Waals surface area contributed by atoms with Crippen molar-refractivity contribution in [2.45, 2.75) is 25.9 Å². The van der Waals surface area contributed by atoms with E-state index < -0.39 is 0 Å². The van der Waals surface area contributed by atoms with E-state index in [4.69, 9.17) is 4.74 Å². The van der Waals surface area contributed by atoms with E-state index in [2.05, 4.69) is 15.9 Å². The summed E-state index contributed by atoms with van der Waals surface area (Å²) < 4.78 is 6.01. The van der Waals surface area contributed by atoms with Crippen LogP contribution in [0.25, 0.3) is 0 Å². The summed E-state index contributed by atoms with van der Waals surface area (Å²) in [6.45, 7) is 2.71. The number of halogens is 1. The molecule has 0 aliphatic carbocycles. The molecule has 3 heteroatoms. The van der Waals surface area contributed by atoms with Gasteiger partial charge in [-0.05, 0) is 43.0 Å². The fraction of sp³-hybridized carbons (Fsp3) is 0.500. The molecule has 1 aromatic rings. The van der Waals surface area contributed by atoms with Gasteiger partial charge in [0.2, 0.25) is 0 Å². The SMILES string of the molecule is COCCCC(O)c1ccc(Br)cc1C. The molecule has 0 saturated heterocycles. The largest absolute Gasteiger partial charge is 0.388 e. The van der Waals surface area contributed by atoms with Gasteiger partial charge in [0.15, 0.2) is 0 Å². The summed E-state index contributed by atoms with van der Waals surface area (Å²) in [6.07, 6.45) is 1.25. The van der Waals surface area contributed by atoms with Crippen LogP contribution in [0.5, 0.6) is 0 Å². The zero-order valence-electron chi connectivity index (χ0n) is 9.16. The molecule has 1 unspecified atom stereocenters. The van der Waals surface area contributed by atoms with Gasteiger partial charge in [-0.15, -0.1) is 0 Å². The normalized spacial score (nSPS) is 12.8. The lowest BCUT2D eigenvalue weighted by molar-refractivity contribution is 0.136. The Balaban J connectivity index is 2.61. The molecular formula is C12H17BrO2. The maximum Gasteiger partial charge on any atom is 0.0793 e. The number of benzene rings is 1. The topological polar surface area (TPSA) is 29.5 Å². The second-order valence-corrected chi connectivity index (χ2v) is 4.57. The van der Waals surface area contributed by atoms with Crippen LogP contribution in [0.15, 0.2) is 22.7 Å². The monoisotopic (exact) mass is 272 g/mol. The van der Waals surface area contributed by atoms with Gasteiger partial charge in [-0.1, -0.05) is 22.0 Å². The van der Waals surface area contributed by atoms with Crippen LogP contribution in [0.1, 0.15) is 30.1 Å². The molecule has 0 bridgehead atoms. The molecule has 0 aliphatic rings. The minimum absolute atomic E-state index is 0.381. The summed E-state index contributed by atoms with van der Waals surface area (Å²) in [5.74, 6) is 0. The molecule has 1 N–H and O–H groups in total. The molecule has 0 heterocycles. The summed E-state index contributed by atoms with van der Waals surface area (Å²) >= 11 is 3.41. The lowest BCUT2D eigenvalue weighted by Gasteiger charge is -2.13. The highest BCUT2D eigenvalue weighted by Crippen LogP contribution is 2.24. The molecule has 84 valence electrons. The van der Waals surface area contributed by atoms with E-state index in [9.17, 15) is 5.11 Å². The van der Waals surface area contributed by atoms with E-state index in [-0.39, 0.29) is 6.10 Å². The minimum atomic E-state index is -0.381. The molecule has 2 nitrogen and oxygen atoms in total. The number of rotatable bonds is 5. The Morgan fingerprint density at radius 2 is 2.20 bits per heavy atom. The van der Waals surface area contributed by atoms with Gasteiger partial charge in [0, 0.05) is 18.2 Å². The molecular weight excluding hydrogens is 256 g/mol. The molecule has 0 aromatic heterocycles. The van der Waals surface area contributed by atoms with E-state index in [1.807, 2.05) is 25.1 Å². The third-order valence-electron chi connectivity index (χ3n) is 2.42. The average Bonchev–Trinajstić information content (AvgIpc) is 2.17. The molecule has 0 radical (unpaired) electrons. The van der Waals surface area contributed by atoms with Gasteiger partial charge < -0.3 is 9.84 Å². The average molecular weight is 273 g/mol. The van der Waals surface area contributed by atoms with Crippen LogP contribution in [-0.2, 0) is 4.74 Å². The zero-order valence-corrected chi connectivity index (χ0v) is 10.8. The first-order valence-corrected chi connectivity index (χ1v) is 5.87. The first kappa shape index (κ1) is 12.7. The van der Waals surface area contributed by atoms with Gasteiger partial charge in [-0.25, -0.2) is 0 Å². The number of aliphatic hydroxyl groups excluding tert-OH is 1. The van der Waals surface area contributed by atoms with Gasteiger partial charge >= 0.3 is 0 Å². The third-order valence-corrected chi connectivity index (χ3v) is 2.91. The lowest BCUT2D eigenvalue weighted by Crippen LogP contribution is -2.01. The first-order valence-electron chi connectivity index (χ1n) is 5.08. The molecule has 0 aliphatic heterocycles. The summed E-state index contributed by atoms with van der Waals surface area (Å²) in [5, 5.41) is 9.95. The maximum absolute atomic E-state index is 9.95. The van der Waals surface area contributed by atoms with E-state index in [0.717, 1.165) is 28.4 Å². The number of hydrogen-bond acceptors (Lipinski definition) is 2. The van der Waals surface area contributed by atoms with Crippen molar-refractivity contribution in [3.8, 4) is 0 Å². The van der Waals surface area contributed by atoms with Gasteiger partial charge in [0.1, 0.15) is 0 Å². The molecule has 15 heavy (non-hydrogen) atoms. The third kappa shape index (κ3) is 3.93. The fourth-order valence-electron chi connectivity index (χ4n) is 1.59. The second kappa shape index (κ2) is 6.26. The van der Waals surface area contributed by atoms with Gasteiger partial charge in [-0.2, -0.15) is 0 Å². The van der Waals surface area contributed by atoms with Crippen LogP contribution in [-0.4, -0.2) is 18.8 Å². The van der Waals surface area contributed by atoms with Crippen molar-refractivity contribution >= 4 is 15.9 Å². The Morgan fingerprint density at radius 3 is 2.80 bits per heavy atom. The number of ether oxygens (including phenoxy) is 1. The second-order valence-electron chi connectivity index (χ2n) is 3.65. The van der Waals surface area contributed by atoms with Crippen LogP contribution in [0, 0.1) is 6.92 Å². The van der Waals surface area contributed by atoms with Crippen LogP contribution < -0.4 is 0 Å². The Kier molecular flexibility index (Phi) is 5.29. The van der Waals surface area contributed by atoms with Crippen molar-refractivity contribution in [3.05, 3.63) is 33.8 Å². The molecule has 0 fully saturated rings. The summed E-state index contributed by atoms with van der Waals surface area (Å²) in [6, 6.07) is 5.95. The molecule has 0 amide bonds. The number of methoxy groups -OCH3 is 1. The molecule has 0 saturated carbocycles. The van der Waals surface area contributed by atoms with Crippen molar-refractivity contribution < 1.29 is 9.84 Å². The van der Waals surface area contributed by atoms with Crippen LogP contribution >= 0.6 is 15.9 Å². The highest BCUT2D eigenvalue weighted by molar-refractivity contribution is 9.10. The van der Waals surface area contributed by atoms with Gasteiger partial charge in [0.05, 0.1) is 6.10 Å². The van der Waals surface area contributed by atoms with Crippen molar-refractivity contribution in [2.24, 2.45) is 0 Å². The van der Waals surface area contributed by atoms with E-state index in [0.29, 0.717) is 6.61 Å². The predicted octanol–water partition coefficient (Wildman–Crippen LogP) is 3.22. The Hall–Kier alpha value is -0.380. The quantitative estimate of drug-likeness (QED) is 0.835. The smallest absolute Gasteiger partial charge is 0.0793 e. The Morgan fingerprint density at radius 1 is 1.47 bits per heavy atom. The van der Waals surface area contributed by atoms with Crippen molar-refractivity contribution in [2.75, 3.05) is 13.7 Å². The van der Waals surface area contributed by atoms with Gasteiger partial charge in [0.25, 0.3) is 0 Å². The van der Waals surface area contributed by atoms with Crippen LogP contribution in [0.3, 0.4) is 0 Å². The highest BCUT2D eigenvalue weighted by atomic mass is 79.9. The standard InChI is InChI=1S/C12H17BrO2/c1-9-8-10(13)5-6-11(9)12(14)4-3-7-15-2/h5-6,8,12,14H,3-4,7H2,1-2H3. The highest BCUT2D eigenvalue weighted by Gasteiger charge is 2.09. The molecule has 1 atom stereocenters. The number of hydrogen-bond donors (Lipinski definition) is 1. The lowest BCUT2D eigenvalue weighted by atomic mass is 10.0. The molecule has 0 spiro atoms. The minimum Gasteiger partial charge on any atom is -0.388 e. The predicted molar refractivity (Wildman–Crippen MR) is 64.9 cm³/mol. The van der Waals surface area contributed by atoms with Crippen molar-refractivity contribution in [3.63, 3.8) is 0 Å². The first-order chi connectivity index (χ1) is 7.15. The zero-order chi connectivity index (χ0) is 11.3. The summed E-state index contributed by atoms with van der Waals surface area (Å²) in [7, 11) is 1.68. The van der Waals surface area contributed by atoms with Gasteiger partial charge in [-0.3, -0.25) is 0 Å². The van der Waals surface area contributed by atoms with E-state index >= 15 is 0 Å². The van der Waals surface area contributed by atoms with Crippen molar-refractivity contribution in [1.29, 1.82) is 0 Å².